The molecular weight excluding hydrogens is 415 g/mol. The van der Waals surface area contributed by atoms with Crippen molar-refractivity contribution in [2.24, 2.45) is 11.8 Å². The Hall–Kier alpha value is -1.65. The summed E-state index contributed by atoms with van der Waals surface area (Å²) in [6.45, 7) is 4.23. The van der Waals surface area contributed by atoms with Gasteiger partial charge in [-0.05, 0) is 60.1 Å². The predicted molar refractivity (Wildman–Crippen MR) is 115 cm³/mol. The Kier molecular flexibility index (Phi) is 6.85. The van der Waals surface area contributed by atoms with Crippen LogP contribution in [-0.4, -0.2) is 11.8 Å². The Labute approximate surface area is 180 Å². The van der Waals surface area contributed by atoms with Crippen LogP contribution < -0.4 is 5.32 Å². The van der Waals surface area contributed by atoms with Gasteiger partial charge in [0.05, 0.1) is 16.6 Å². The topological polar surface area (TPSA) is 29.1 Å². The van der Waals surface area contributed by atoms with Crippen molar-refractivity contribution in [3.63, 3.8) is 0 Å². The van der Waals surface area contributed by atoms with Crippen LogP contribution >= 0.6 is 23.2 Å². The zero-order valence-corrected chi connectivity index (χ0v) is 18.0. The van der Waals surface area contributed by atoms with Crippen molar-refractivity contribution in [3.8, 4) is 0 Å². The molecule has 0 spiro atoms. The molecule has 6 heteroatoms. The molecule has 1 saturated carbocycles. The van der Waals surface area contributed by atoms with E-state index in [0.29, 0.717) is 33.6 Å². The van der Waals surface area contributed by atoms with Crippen LogP contribution in [0.1, 0.15) is 50.2 Å². The molecule has 3 rings (SSSR count). The number of hydrogen-bond acceptors (Lipinski definition) is 1. The predicted octanol–water partition coefficient (Wildman–Crippen LogP) is 7.35. The summed E-state index contributed by atoms with van der Waals surface area (Å²) in [6, 6.07) is 12.4. The van der Waals surface area contributed by atoms with E-state index in [4.69, 9.17) is 23.2 Å². The first-order valence-electron chi connectivity index (χ1n) is 9.87. The Morgan fingerprint density at radius 2 is 1.86 bits per heavy atom. The maximum absolute atomic E-state index is 13.9. The van der Waals surface area contributed by atoms with Gasteiger partial charge in [-0.15, -0.1) is 0 Å². The summed E-state index contributed by atoms with van der Waals surface area (Å²) in [6.07, 6.45) is 0.666. The highest BCUT2D eigenvalue weighted by molar-refractivity contribution is 6.33. The second-order valence-corrected chi connectivity index (χ2v) is 9.13. The first-order valence-corrected chi connectivity index (χ1v) is 10.6. The van der Waals surface area contributed by atoms with Crippen LogP contribution in [0.25, 0.3) is 0 Å². The molecule has 0 saturated heterocycles. The van der Waals surface area contributed by atoms with Crippen LogP contribution in [0.2, 0.25) is 10.0 Å². The summed E-state index contributed by atoms with van der Waals surface area (Å²) in [4.78, 5) is 13.2. The van der Waals surface area contributed by atoms with Crippen molar-refractivity contribution >= 4 is 34.8 Å². The zero-order chi connectivity index (χ0) is 21.2. The Morgan fingerprint density at radius 1 is 1.17 bits per heavy atom. The lowest BCUT2D eigenvalue weighted by Crippen LogP contribution is -2.27. The highest BCUT2D eigenvalue weighted by atomic mass is 35.5. The monoisotopic (exact) mass is 439 g/mol. The van der Waals surface area contributed by atoms with Crippen LogP contribution in [-0.2, 0) is 11.2 Å². The average Bonchev–Trinajstić information content (AvgIpc) is 2.99. The number of anilines is 1. The van der Waals surface area contributed by atoms with Gasteiger partial charge in [-0.3, -0.25) is 4.79 Å². The van der Waals surface area contributed by atoms with Crippen molar-refractivity contribution < 1.29 is 13.6 Å². The van der Waals surface area contributed by atoms with E-state index < -0.39 is 17.8 Å². The van der Waals surface area contributed by atoms with Gasteiger partial charge < -0.3 is 5.32 Å². The standard InChI is InChI=1S/C23H25Cl2F2NO/c1-14(2)11-15-3-8-19(25)20(12-15)28-22(29)21(16-4-6-18(24)7-5-16)17-9-10-23(26,27)13-17/h3-8,12,14,17,21H,9-11,13H2,1-2H3,(H,28,29)/t17?,21-/m0/s1. The number of carbonyl (C=O) groups is 1. The summed E-state index contributed by atoms with van der Waals surface area (Å²) in [5, 5.41) is 3.86. The fraction of sp³-hybridized carbons (Fsp3) is 0.435. The average molecular weight is 440 g/mol. The molecule has 0 aromatic heterocycles. The molecule has 2 aromatic carbocycles. The summed E-state index contributed by atoms with van der Waals surface area (Å²) in [5.74, 6) is -3.72. The van der Waals surface area contributed by atoms with Gasteiger partial charge in [0.15, 0.2) is 0 Å². The number of benzene rings is 2. The molecule has 1 aliphatic rings. The molecule has 2 atom stereocenters. The van der Waals surface area contributed by atoms with E-state index in [0.717, 1.165) is 12.0 Å². The van der Waals surface area contributed by atoms with E-state index in [1.807, 2.05) is 12.1 Å². The van der Waals surface area contributed by atoms with E-state index >= 15 is 0 Å². The highest BCUT2D eigenvalue weighted by Crippen LogP contribution is 2.46. The van der Waals surface area contributed by atoms with Gasteiger partial charge in [-0.2, -0.15) is 0 Å². The molecule has 1 amide bonds. The number of rotatable bonds is 6. The van der Waals surface area contributed by atoms with Gasteiger partial charge in [0, 0.05) is 17.9 Å². The lowest BCUT2D eigenvalue weighted by Gasteiger charge is -2.24. The molecule has 2 aromatic rings. The smallest absolute Gasteiger partial charge is 0.248 e. The van der Waals surface area contributed by atoms with Crippen molar-refractivity contribution in [1.82, 2.24) is 0 Å². The molecule has 0 aliphatic heterocycles. The van der Waals surface area contributed by atoms with E-state index in [9.17, 15) is 13.6 Å². The second-order valence-electron chi connectivity index (χ2n) is 8.29. The summed E-state index contributed by atoms with van der Waals surface area (Å²) in [5.41, 5.74) is 2.26. The maximum Gasteiger partial charge on any atom is 0.248 e. The minimum absolute atomic E-state index is 0.195. The fourth-order valence-electron chi connectivity index (χ4n) is 4.05. The summed E-state index contributed by atoms with van der Waals surface area (Å²) < 4.78 is 27.8. The summed E-state index contributed by atoms with van der Waals surface area (Å²) in [7, 11) is 0. The molecular formula is C23H25Cl2F2NO. The van der Waals surface area contributed by atoms with Gasteiger partial charge in [0.2, 0.25) is 11.8 Å². The zero-order valence-electron chi connectivity index (χ0n) is 16.5. The molecule has 0 bridgehead atoms. The van der Waals surface area contributed by atoms with Gasteiger partial charge in [0.25, 0.3) is 0 Å². The Balaban J connectivity index is 1.88. The normalized spacial score (nSPS) is 19.3. The van der Waals surface area contributed by atoms with E-state index in [1.165, 1.54) is 0 Å². The Bertz CT molecular complexity index is 868. The number of amides is 1. The number of carbonyl (C=O) groups excluding carboxylic acids is 1. The SMILES string of the molecule is CC(C)Cc1ccc(Cl)c(NC(=O)[C@@H](c2ccc(Cl)cc2)C2CCC(F)(F)C2)c1. The van der Waals surface area contributed by atoms with E-state index in [2.05, 4.69) is 19.2 Å². The van der Waals surface area contributed by atoms with Crippen LogP contribution in [0, 0.1) is 11.8 Å². The lowest BCUT2D eigenvalue weighted by atomic mass is 9.84. The summed E-state index contributed by atoms with van der Waals surface area (Å²) >= 11 is 12.3. The molecule has 1 aliphatic carbocycles. The first-order chi connectivity index (χ1) is 13.6. The molecule has 0 radical (unpaired) electrons. The molecule has 1 fully saturated rings. The van der Waals surface area contributed by atoms with Gasteiger partial charge >= 0.3 is 0 Å². The fourth-order valence-corrected chi connectivity index (χ4v) is 4.34. The van der Waals surface area contributed by atoms with Crippen LogP contribution in [0.4, 0.5) is 14.5 Å². The number of alkyl halides is 2. The third kappa shape index (κ3) is 5.70. The van der Waals surface area contributed by atoms with E-state index in [-0.39, 0.29) is 18.7 Å². The van der Waals surface area contributed by atoms with E-state index in [1.54, 1.807) is 30.3 Å². The third-order valence-corrected chi connectivity index (χ3v) is 5.94. The minimum Gasteiger partial charge on any atom is -0.324 e. The van der Waals surface area contributed by atoms with Gasteiger partial charge in [-0.25, -0.2) is 8.78 Å². The van der Waals surface area contributed by atoms with Crippen molar-refractivity contribution in [2.45, 2.75) is 51.4 Å². The molecule has 29 heavy (non-hydrogen) atoms. The molecule has 1 N–H and O–H groups in total. The molecule has 1 unspecified atom stereocenters. The first kappa shape index (κ1) is 22.0. The van der Waals surface area contributed by atoms with Crippen LogP contribution in [0.3, 0.4) is 0 Å². The number of hydrogen-bond donors (Lipinski definition) is 1. The second kappa shape index (κ2) is 9.01. The highest BCUT2D eigenvalue weighted by Gasteiger charge is 2.45. The van der Waals surface area contributed by atoms with Gasteiger partial charge in [0.1, 0.15) is 0 Å². The minimum atomic E-state index is -2.73. The quantitative estimate of drug-likeness (QED) is 0.500. The van der Waals surface area contributed by atoms with Crippen molar-refractivity contribution in [3.05, 3.63) is 63.6 Å². The molecule has 0 heterocycles. The van der Waals surface area contributed by atoms with Crippen molar-refractivity contribution in [2.75, 3.05) is 5.32 Å². The largest absolute Gasteiger partial charge is 0.324 e. The van der Waals surface area contributed by atoms with Crippen LogP contribution in [0.5, 0.6) is 0 Å². The molecule has 156 valence electrons. The lowest BCUT2D eigenvalue weighted by molar-refractivity contribution is -0.118. The van der Waals surface area contributed by atoms with Gasteiger partial charge in [-0.1, -0.05) is 55.2 Å². The molecule has 2 nitrogen and oxygen atoms in total. The Morgan fingerprint density at radius 3 is 2.45 bits per heavy atom. The van der Waals surface area contributed by atoms with Crippen molar-refractivity contribution in [1.29, 1.82) is 0 Å². The van der Waals surface area contributed by atoms with Crippen LogP contribution in [0.15, 0.2) is 42.5 Å². The third-order valence-electron chi connectivity index (χ3n) is 5.36. The number of nitrogens with one attached hydrogen (secondary N) is 1. The maximum atomic E-state index is 13.9. The number of halogens is 4.